The number of carbonyl (C=O) groups is 2. The molecule has 0 saturated carbocycles. The fraction of sp³-hybridized carbons (Fsp3) is 0.125. The number of hydrogen-bond donors (Lipinski definition) is 3. The maximum atomic E-state index is 12.2. The Morgan fingerprint density at radius 2 is 1.72 bits per heavy atom. The van der Waals surface area contributed by atoms with Gasteiger partial charge in [-0.15, -0.1) is 13.2 Å². The van der Waals surface area contributed by atoms with Crippen molar-refractivity contribution in [1.82, 2.24) is 0 Å². The maximum Gasteiger partial charge on any atom is 0.573 e. The molecule has 25 heavy (non-hydrogen) atoms. The summed E-state index contributed by atoms with van der Waals surface area (Å²) in [5.41, 5.74) is 0.284. The molecule has 3 N–H and O–H groups in total. The van der Waals surface area contributed by atoms with Crippen LogP contribution in [-0.2, 0) is 11.2 Å². The molecule has 0 atom stereocenters. The molecule has 0 aromatic heterocycles. The fourth-order valence-corrected chi connectivity index (χ4v) is 1.97. The number of alkyl halides is 3. The summed E-state index contributed by atoms with van der Waals surface area (Å²) in [6.45, 7) is 0. The Bertz CT molecular complexity index is 787. The third kappa shape index (κ3) is 5.41. The van der Waals surface area contributed by atoms with E-state index in [1.807, 2.05) is 0 Å². The summed E-state index contributed by atoms with van der Waals surface area (Å²) in [5.74, 6) is -2.64. The Balaban J connectivity index is 2.06. The van der Waals surface area contributed by atoms with Crippen LogP contribution in [-0.4, -0.2) is 28.5 Å². The number of carboxylic acid groups (broad SMARTS) is 1. The van der Waals surface area contributed by atoms with Gasteiger partial charge in [-0.25, -0.2) is 4.79 Å². The molecule has 2 aromatic rings. The number of aromatic hydroxyl groups is 1. The SMILES string of the molecule is O=C(Cc1cc(OC(F)(F)F)ccc1O)Nc1ccc(C(=O)O)cc1. The molecule has 132 valence electrons. The lowest BCUT2D eigenvalue weighted by Crippen LogP contribution is -2.18. The number of halogens is 3. The number of rotatable bonds is 5. The van der Waals surface area contributed by atoms with Crippen molar-refractivity contribution in [2.75, 3.05) is 5.32 Å². The number of carbonyl (C=O) groups excluding carboxylic acids is 1. The van der Waals surface area contributed by atoms with E-state index in [9.17, 15) is 27.9 Å². The molecule has 1 amide bonds. The minimum atomic E-state index is -4.89. The third-order valence-electron chi connectivity index (χ3n) is 3.05. The van der Waals surface area contributed by atoms with Crippen LogP contribution < -0.4 is 10.1 Å². The minimum Gasteiger partial charge on any atom is -0.508 e. The molecule has 0 aliphatic heterocycles. The predicted molar refractivity (Wildman–Crippen MR) is 80.5 cm³/mol. The zero-order valence-electron chi connectivity index (χ0n) is 12.5. The standard InChI is InChI=1S/C16H12F3NO5/c17-16(18,19)25-12-5-6-13(21)10(7-12)8-14(22)20-11-3-1-9(2-4-11)15(23)24/h1-7,21H,8H2,(H,20,22)(H,23,24). The van der Waals surface area contributed by atoms with Crippen LogP contribution in [0.5, 0.6) is 11.5 Å². The molecular weight excluding hydrogens is 343 g/mol. The molecule has 0 aliphatic rings. The summed E-state index contributed by atoms with van der Waals surface area (Å²) in [5, 5.41) is 20.9. The van der Waals surface area contributed by atoms with Crippen molar-refractivity contribution in [1.29, 1.82) is 0 Å². The van der Waals surface area contributed by atoms with Crippen LogP contribution in [0, 0.1) is 0 Å². The van der Waals surface area contributed by atoms with E-state index in [1.165, 1.54) is 24.3 Å². The number of carboxylic acids is 1. The third-order valence-corrected chi connectivity index (χ3v) is 3.05. The van der Waals surface area contributed by atoms with Gasteiger partial charge in [0, 0.05) is 11.3 Å². The zero-order chi connectivity index (χ0) is 18.6. The molecule has 0 fully saturated rings. The van der Waals surface area contributed by atoms with Crippen molar-refractivity contribution in [2.24, 2.45) is 0 Å². The van der Waals surface area contributed by atoms with Crippen LogP contribution in [0.25, 0.3) is 0 Å². The smallest absolute Gasteiger partial charge is 0.508 e. The summed E-state index contributed by atoms with van der Waals surface area (Å²) in [6, 6.07) is 8.13. The van der Waals surface area contributed by atoms with Crippen LogP contribution >= 0.6 is 0 Å². The lowest BCUT2D eigenvalue weighted by Gasteiger charge is -2.11. The minimum absolute atomic E-state index is 0.0349. The largest absolute Gasteiger partial charge is 0.573 e. The first kappa shape index (κ1) is 18.1. The Labute approximate surface area is 139 Å². The number of phenolic OH excluding ortho intramolecular Hbond substituents is 1. The predicted octanol–water partition coefficient (Wildman–Crippen LogP) is 3.17. The number of amides is 1. The van der Waals surface area contributed by atoms with Crippen LogP contribution in [0.1, 0.15) is 15.9 Å². The Morgan fingerprint density at radius 3 is 2.28 bits per heavy atom. The van der Waals surface area contributed by atoms with Gasteiger partial charge in [-0.1, -0.05) is 0 Å². The second kappa shape index (κ2) is 7.12. The van der Waals surface area contributed by atoms with Gasteiger partial charge in [0.05, 0.1) is 12.0 Å². The van der Waals surface area contributed by atoms with Crippen LogP contribution in [0.4, 0.5) is 18.9 Å². The van der Waals surface area contributed by atoms with Crippen molar-refractivity contribution in [3.05, 3.63) is 53.6 Å². The molecule has 2 rings (SSSR count). The van der Waals surface area contributed by atoms with Crippen molar-refractivity contribution >= 4 is 17.6 Å². The fourth-order valence-electron chi connectivity index (χ4n) is 1.97. The number of hydrogen-bond acceptors (Lipinski definition) is 4. The number of phenols is 1. The van der Waals surface area contributed by atoms with Crippen molar-refractivity contribution < 1.29 is 37.7 Å². The van der Waals surface area contributed by atoms with Crippen molar-refractivity contribution in [3.63, 3.8) is 0 Å². The van der Waals surface area contributed by atoms with Crippen LogP contribution in [0.2, 0.25) is 0 Å². The number of benzene rings is 2. The molecule has 9 heteroatoms. The Morgan fingerprint density at radius 1 is 1.08 bits per heavy atom. The first-order valence-electron chi connectivity index (χ1n) is 6.85. The monoisotopic (exact) mass is 355 g/mol. The van der Waals surface area contributed by atoms with Crippen molar-refractivity contribution in [2.45, 2.75) is 12.8 Å². The molecule has 0 unspecified atom stereocenters. The van der Waals surface area contributed by atoms with E-state index in [4.69, 9.17) is 5.11 Å². The maximum absolute atomic E-state index is 12.2. The molecule has 0 aliphatic carbocycles. The second-order valence-corrected chi connectivity index (χ2v) is 4.95. The Kier molecular flexibility index (Phi) is 5.16. The Hall–Kier alpha value is -3.23. The topological polar surface area (TPSA) is 95.9 Å². The quantitative estimate of drug-likeness (QED) is 0.766. The van der Waals surface area contributed by atoms with E-state index in [2.05, 4.69) is 10.1 Å². The molecule has 0 radical (unpaired) electrons. The van der Waals surface area contributed by atoms with Crippen LogP contribution in [0.15, 0.2) is 42.5 Å². The second-order valence-electron chi connectivity index (χ2n) is 4.95. The van der Waals surface area contributed by atoms with E-state index in [1.54, 1.807) is 0 Å². The number of aromatic carboxylic acids is 1. The van der Waals surface area contributed by atoms with Gasteiger partial charge in [-0.05, 0) is 42.5 Å². The molecule has 0 saturated heterocycles. The van der Waals surface area contributed by atoms with Gasteiger partial charge >= 0.3 is 12.3 Å². The lowest BCUT2D eigenvalue weighted by atomic mass is 10.1. The highest BCUT2D eigenvalue weighted by atomic mass is 19.4. The summed E-state index contributed by atoms with van der Waals surface area (Å²) < 4.78 is 40.4. The normalized spacial score (nSPS) is 11.0. The highest BCUT2D eigenvalue weighted by Crippen LogP contribution is 2.28. The van der Waals surface area contributed by atoms with E-state index in [0.29, 0.717) is 5.69 Å². The van der Waals surface area contributed by atoms with E-state index in [0.717, 1.165) is 18.2 Å². The summed E-state index contributed by atoms with van der Waals surface area (Å²) >= 11 is 0. The number of anilines is 1. The molecule has 2 aromatic carbocycles. The molecule has 0 spiro atoms. The van der Waals surface area contributed by atoms with Gasteiger partial charge in [0.25, 0.3) is 0 Å². The average molecular weight is 355 g/mol. The number of nitrogens with one attached hydrogen (secondary N) is 1. The molecule has 0 bridgehead atoms. The first-order valence-corrected chi connectivity index (χ1v) is 6.85. The first-order chi connectivity index (χ1) is 11.6. The van der Waals surface area contributed by atoms with E-state index < -0.39 is 30.4 Å². The van der Waals surface area contributed by atoms with Gasteiger partial charge in [-0.3, -0.25) is 4.79 Å². The molecule has 0 heterocycles. The van der Waals surface area contributed by atoms with Crippen LogP contribution in [0.3, 0.4) is 0 Å². The number of ether oxygens (including phenoxy) is 1. The molecular formula is C16H12F3NO5. The van der Waals surface area contributed by atoms with Gasteiger partial charge in [0.15, 0.2) is 0 Å². The van der Waals surface area contributed by atoms with Gasteiger partial charge < -0.3 is 20.3 Å². The van der Waals surface area contributed by atoms with E-state index >= 15 is 0 Å². The highest BCUT2D eigenvalue weighted by molar-refractivity contribution is 5.93. The van der Waals surface area contributed by atoms with Gasteiger partial charge in [-0.2, -0.15) is 0 Å². The summed E-state index contributed by atoms with van der Waals surface area (Å²) in [7, 11) is 0. The summed E-state index contributed by atoms with van der Waals surface area (Å²) in [4.78, 5) is 22.7. The highest BCUT2D eigenvalue weighted by Gasteiger charge is 2.31. The summed E-state index contributed by atoms with van der Waals surface area (Å²) in [6.07, 6.45) is -5.29. The van der Waals surface area contributed by atoms with Crippen molar-refractivity contribution in [3.8, 4) is 11.5 Å². The zero-order valence-corrected chi connectivity index (χ0v) is 12.5. The van der Waals surface area contributed by atoms with E-state index in [-0.39, 0.29) is 16.9 Å². The lowest BCUT2D eigenvalue weighted by molar-refractivity contribution is -0.274. The average Bonchev–Trinajstić information content (AvgIpc) is 2.49. The van der Waals surface area contributed by atoms with Gasteiger partial charge in [0.1, 0.15) is 11.5 Å². The molecule has 6 nitrogen and oxygen atoms in total. The van der Waals surface area contributed by atoms with Gasteiger partial charge in [0.2, 0.25) is 5.91 Å².